The van der Waals surface area contributed by atoms with Gasteiger partial charge in [0.15, 0.2) is 5.11 Å². The zero-order valence-corrected chi connectivity index (χ0v) is 14.6. The van der Waals surface area contributed by atoms with Crippen LogP contribution in [0.3, 0.4) is 0 Å². The number of nitrogens with zero attached hydrogens (tertiary/aromatic N) is 1. The van der Waals surface area contributed by atoms with Gasteiger partial charge in [0.2, 0.25) is 0 Å². The lowest BCUT2D eigenvalue weighted by Crippen LogP contribution is -2.31. The number of hydrogen-bond donors (Lipinski definition) is 2. The Morgan fingerprint density at radius 1 is 1.25 bits per heavy atom. The first kappa shape index (κ1) is 18.0. The summed E-state index contributed by atoms with van der Waals surface area (Å²) in [6, 6.07) is 15.2. The molecule has 0 saturated heterocycles. The second kappa shape index (κ2) is 9.70. The highest BCUT2D eigenvalue weighted by molar-refractivity contribution is 7.80. The molecule has 2 aromatic rings. The Kier molecular flexibility index (Phi) is 7.26. The number of ether oxygens (including phenoxy) is 1. The summed E-state index contributed by atoms with van der Waals surface area (Å²) < 4.78 is 5.78. The summed E-state index contributed by atoms with van der Waals surface area (Å²) in [5.74, 6) is 0.765. The molecule has 0 radical (unpaired) electrons. The Bertz CT molecular complexity index is 716. The molecular weight excluding hydrogens is 342 g/mol. The van der Waals surface area contributed by atoms with Gasteiger partial charge in [0.1, 0.15) is 12.4 Å². The normalized spacial score (nSPS) is 10.4. The van der Waals surface area contributed by atoms with Gasteiger partial charge in [-0.3, -0.25) is 5.43 Å². The van der Waals surface area contributed by atoms with Crippen LogP contribution in [0.5, 0.6) is 5.75 Å². The first-order valence-electron chi connectivity index (χ1n) is 7.32. The molecule has 0 aliphatic rings. The van der Waals surface area contributed by atoms with Gasteiger partial charge in [-0.25, -0.2) is 0 Å². The van der Waals surface area contributed by atoms with Gasteiger partial charge in [0, 0.05) is 11.6 Å². The zero-order valence-electron chi connectivity index (χ0n) is 13.0. The maximum atomic E-state index is 5.87. The van der Waals surface area contributed by atoms with Gasteiger partial charge in [0.05, 0.1) is 6.21 Å². The van der Waals surface area contributed by atoms with Crippen LogP contribution in [0, 0.1) is 0 Å². The van der Waals surface area contributed by atoms with Crippen LogP contribution < -0.4 is 15.5 Å². The lowest BCUT2D eigenvalue weighted by atomic mass is 10.2. The first-order valence-corrected chi connectivity index (χ1v) is 8.11. The highest BCUT2D eigenvalue weighted by atomic mass is 35.5. The van der Waals surface area contributed by atoms with Crippen molar-refractivity contribution >= 4 is 35.1 Å². The third kappa shape index (κ3) is 6.40. The van der Waals surface area contributed by atoms with Crippen LogP contribution in [0.25, 0.3) is 0 Å². The van der Waals surface area contributed by atoms with Gasteiger partial charge in [-0.1, -0.05) is 41.9 Å². The van der Waals surface area contributed by atoms with Gasteiger partial charge >= 0.3 is 0 Å². The van der Waals surface area contributed by atoms with Crippen molar-refractivity contribution in [3.8, 4) is 5.75 Å². The summed E-state index contributed by atoms with van der Waals surface area (Å²) in [6.07, 6.45) is 3.40. The van der Waals surface area contributed by atoms with Crippen molar-refractivity contribution < 1.29 is 4.74 Å². The molecule has 24 heavy (non-hydrogen) atoms. The molecule has 0 heterocycles. The summed E-state index contributed by atoms with van der Waals surface area (Å²) in [5, 5.41) is 8.17. The van der Waals surface area contributed by atoms with E-state index in [9.17, 15) is 0 Å². The second-order valence-corrected chi connectivity index (χ2v) is 5.70. The predicted molar refractivity (Wildman–Crippen MR) is 104 cm³/mol. The maximum absolute atomic E-state index is 5.87. The number of hydrazone groups is 1. The minimum Gasteiger partial charge on any atom is -0.489 e. The largest absolute Gasteiger partial charge is 0.489 e. The number of hydrogen-bond acceptors (Lipinski definition) is 3. The molecule has 4 nitrogen and oxygen atoms in total. The van der Waals surface area contributed by atoms with Crippen LogP contribution in [0.2, 0.25) is 5.02 Å². The first-order chi connectivity index (χ1) is 11.7. The van der Waals surface area contributed by atoms with Crippen molar-refractivity contribution in [1.82, 2.24) is 10.7 Å². The summed E-state index contributed by atoms with van der Waals surface area (Å²) >= 11 is 10.9. The molecule has 6 heteroatoms. The third-order valence-electron chi connectivity index (χ3n) is 2.96. The van der Waals surface area contributed by atoms with E-state index >= 15 is 0 Å². The lowest BCUT2D eigenvalue weighted by molar-refractivity contribution is 0.306. The SMILES string of the molecule is C=CCNC(=S)N/N=C/c1cccc(OCc2ccc(Cl)cc2)c1. The van der Waals surface area contributed by atoms with E-state index < -0.39 is 0 Å². The molecule has 0 aliphatic carbocycles. The van der Waals surface area contributed by atoms with Crippen molar-refractivity contribution in [2.45, 2.75) is 6.61 Å². The third-order valence-corrected chi connectivity index (χ3v) is 3.45. The summed E-state index contributed by atoms with van der Waals surface area (Å²) in [6.45, 7) is 4.68. The number of nitrogens with one attached hydrogen (secondary N) is 2. The molecule has 0 bridgehead atoms. The van der Waals surface area contributed by atoms with Crippen LogP contribution in [-0.2, 0) is 6.61 Å². The average molecular weight is 360 g/mol. The topological polar surface area (TPSA) is 45.7 Å². The van der Waals surface area contributed by atoms with Crippen LogP contribution in [-0.4, -0.2) is 17.9 Å². The van der Waals surface area contributed by atoms with Gasteiger partial charge in [-0.15, -0.1) is 6.58 Å². The Labute approximate surface area is 152 Å². The van der Waals surface area contributed by atoms with Crippen LogP contribution in [0.4, 0.5) is 0 Å². The fourth-order valence-electron chi connectivity index (χ4n) is 1.80. The molecule has 0 saturated carbocycles. The van der Waals surface area contributed by atoms with Crippen molar-refractivity contribution in [3.05, 3.63) is 77.3 Å². The Morgan fingerprint density at radius 3 is 2.79 bits per heavy atom. The molecule has 0 atom stereocenters. The van der Waals surface area contributed by atoms with Gasteiger partial charge in [0.25, 0.3) is 0 Å². The van der Waals surface area contributed by atoms with E-state index in [1.165, 1.54) is 0 Å². The molecule has 2 rings (SSSR count). The second-order valence-electron chi connectivity index (χ2n) is 4.86. The molecule has 0 fully saturated rings. The molecule has 0 amide bonds. The van der Waals surface area contributed by atoms with Crippen LogP contribution in [0.15, 0.2) is 66.3 Å². The molecule has 124 valence electrons. The minimum atomic E-state index is 0.446. The van der Waals surface area contributed by atoms with E-state index in [2.05, 4.69) is 22.4 Å². The number of halogens is 1. The lowest BCUT2D eigenvalue weighted by Gasteiger charge is -2.07. The van der Waals surface area contributed by atoms with Gasteiger partial charge in [-0.2, -0.15) is 5.10 Å². The molecule has 0 unspecified atom stereocenters. The quantitative estimate of drug-likeness (QED) is 0.340. The molecular formula is C18H18ClN3OS. The fourth-order valence-corrected chi connectivity index (χ4v) is 2.06. The van der Waals surface area contributed by atoms with Crippen molar-refractivity contribution in [2.24, 2.45) is 5.10 Å². The van der Waals surface area contributed by atoms with Crippen molar-refractivity contribution in [1.29, 1.82) is 0 Å². The molecule has 0 spiro atoms. The summed E-state index contributed by atoms with van der Waals surface area (Å²) in [5.41, 5.74) is 4.70. The van der Waals surface area contributed by atoms with E-state index in [1.54, 1.807) is 12.3 Å². The highest BCUT2D eigenvalue weighted by Crippen LogP contribution is 2.15. The van der Waals surface area contributed by atoms with E-state index in [-0.39, 0.29) is 0 Å². The Hall–Kier alpha value is -2.37. The van der Waals surface area contributed by atoms with E-state index in [1.807, 2.05) is 48.5 Å². The molecule has 0 aromatic heterocycles. The van der Waals surface area contributed by atoms with Gasteiger partial charge < -0.3 is 10.1 Å². The van der Waals surface area contributed by atoms with Crippen LogP contribution in [0.1, 0.15) is 11.1 Å². The highest BCUT2D eigenvalue weighted by Gasteiger charge is 1.98. The smallest absolute Gasteiger partial charge is 0.187 e. The van der Waals surface area contributed by atoms with E-state index in [0.29, 0.717) is 23.3 Å². The number of rotatable bonds is 7. The number of thiocarbonyl (C=S) groups is 1. The zero-order chi connectivity index (χ0) is 17.2. The molecule has 2 N–H and O–H groups in total. The average Bonchev–Trinajstić information content (AvgIpc) is 2.60. The molecule has 0 aliphatic heterocycles. The van der Waals surface area contributed by atoms with E-state index in [4.69, 9.17) is 28.6 Å². The Balaban J connectivity index is 1.87. The maximum Gasteiger partial charge on any atom is 0.187 e. The summed E-state index contributed by atoms with van der Waals surface area (Å²) in [7, 11) is 0. The van der Waals surface area contributed by atoms with Crippen LogP contribution >= 0.6 is 23.8 Å². The number of benzene rings is 2. The minimum absolute atomic E-state index is 0.446. The standard InChI is InChI=1S/C18H18ClN3OS/c1-2-10-20-18(24)22-21-12-15-4-3-5-17(11-15)23-13-14-6-8-16(19)9-7-14/h2-9,11-12H,1,10,13H2,(H2,20,22,24)/b21-12+. The summed E-state index contributed by atoms with van der Waals surface area (Å²) in [4.78, 5) is 0. The van der Waals surface area contributed by atoms with E-state index in [0.717, 1.165) is 16.9 Å². The molecule has 2 aromatic carbocycles. The monoisotopic (exact) mass is 359 g/mol. The fraction of sp³-hybridized carbons (Fsp3) is 0.111. The van der Waals surface area contributed by atoms with Gasteiger partial charge in [-0.05, 0) is 47.6 Å². The predicted octanol–water partition coefficient (Wildman–Crippen LogP) is 3.90. The van der Waals surface area contributed by atoms with Crippen molar-refractivity contribution in [2.75, 3.05) is 6.54 Å². The van der Waals surface area contributed by atoms with Crippen molar-refractivity contribution in [3.63, 3.8) is 0 Å². The Morgan fingerprint density at radius 2 is 2.04 bits per heavy atom.